The number of hydrogen-bond acceptors (Lipinski definition) is 3. The van der Waals surface area contributed by atoms with Gasteiger partial charge in [-0.15, -0.1) is 11.8 Å². The second kappa shape index (κ2) is 8.63. The zero-order valence-electron chi connectivity index (χ0n) is 14.0. The first kappa shape index (κ1) is 17.4. The molecule has 0 aliphatic carbocycles. The van der Waals surface area contributed by atoms with Crippen LogP contribution >= 0.6 is 11.8 Å². The molecule has 3 nitrogen and oxygen atoms in total. The molecule has 0 aliphatic rings. The largest absolute Gasteiger partial charge is 0.372 e. The Balaban J connectivity index is 1.89. The lowest BCUT2D eigenvalue weighted by Gasteiger charge is -2.21. The van der Waals surface area contributed by atoms with Gasteiger partial charge in [0.1, 0.15) is 0 Å². The van der Waals surface area contributed by atoms with Crippen LogP contribution in [0, 0.1) is 6.92 Å². The van der Waals surface area contributed by atoms with Gasteiger partial charge in [-0.2, -0.15) is 0 Å². The maximum atomic E-state index is 12.1. The molecular formula is C19H24N2OS. The highest BCUT2D eigenvalue weighted by Gasteiger charge is 2.06. The van der Waals surface area contributed by atoms with Gasteiger partial charge in [0.05, 0.1) is 5.75 Å². The van der Waals surface area contributed by atoms with Crippen molar-refractivity contribution in [2.24, 2.45) is 0 Å². The van der Waals surface area contributed by atoms with Crippen LogP contribution in [0.3, 0.4) is 0 Å². The van der Waals surface area contributed by atoms with Crippen molar-refractivity contribution in [1.82, 2.24) is 0 Å². The third-order valence-electron chi connectivity index (χ3n) is 3.73. The van der Waals surface area contributed by atoms with Crippen LogP contribution in [0.25, 0.3) is 0 Å². The Morgan fingerprint density at radius 3 is 2.30 bits per heavy atom. The SMILES string of the molecule is CCN(CC)c1ccc(NC(=O)CSc2ccccc2C)cc1. The second-order valence-electron chi connectivity index (χ2n) is 5.32. The van der Waals surface area contributed by atoms with Crippen molar-refractivity contribution in [2.45, 2.75) is 25.7 Å². The number of rotatable bonds is 7. The van der Waals surface area contributed by atoms with Crippen molar-refractivity contribution >= 4 is 29.0 Å². The molecule has 1 amide bonds. The van der Waals surface area contributed by atoms with Crippen LogP contribution in [0.5, 0.6) is 0 Å². The standard InChI is InChI=1S/C19H24N2OS/c1-4-21(5-2)17-12-10-16(11-13-17)20-19(22)14-23-18-9-7-6-8-15(18)3/h6-13H,4-5,14H2,1-3H3,(H,20,22). The number of nitrogens with one attached hydrogen (secondary N) is 1. The van der Waals surface area contributed by atoms with E-state index in [9.17, 15) is 4.79 Å². The van der Waals surface area contributed by atoms with Gasteiger partial charge in [-0.05, 0) is 56.7 Å². The van der Waals surface area contributed by atoms with Gasteiger partial charge in [0, 0.05) is 29.4 Å². The van der Waals surface area contributed by atoms with Crippen molar-refractivity contribution in [3.05, 3.63) is 54.1 Å². The van der Waals surface area contributed by atoms with Crippen molar-refractivity contribution in [3.8, 4) is 0 Å². The van der Waals surface area contributed by atoms with Gasteiger partial charge in [-0.3, -0.25) is 4.79 Å². The van der Waals surface area contributed by atoms with Crippen LogP contribution in [0.15, 0.2) is 53.4 Å². The summed E-state index contributed by atoms with van der Waals surface area (Å²) in [5.74, 6) is 0.441. The van der Waals surface area contributed by atoms with Gasteiger partial charge in [-0.25, -0.2) is 0 Å². The predicted molar refractivity (Wildman–Crippen MR) is 101 cm³/mol. The minimum absolute atomic E-state index is 0.0221. The molecule has 0 aliphatic heterocycles. The lowest BCUT2D eigenvalue weighted by atomic mass is 10.2. The van der Waals surface area contributed by atoms with Gasteiger partial charge in [0.2, 0.25) is 5.91 Å². The highest BCUT2D eigenvalue weighted by atomic mass is 32.2. The number of hydrogen-bond donors (Lipinski definition) is 1. The smallest absolute Gasteiger partial charge is 0.234 e. The van der Waals surface area contributed by atoms with Crippen LogP contribution < -0.4 is 10.2 Å². The van der Waals surface area contributed by atoms with Crippen molar-refractivity contribution < 1.29 is 4.79 Å². The quantitative estimate of drug-likeness (QED) is 0.756. The second-order valence-corrected chi connectivity index (χ2v) is 6.34. The molecule has 0 fully saturated rings. The van der Waals surface area contributed by atoms with Gasteiger partial charge in [-0.1, -0.05) is 18.2 Å². The fourth-order valence-electron chi connectivity index (χ4n) is 2.40. The summed E-state index contributed by atoms with van der Waals surface area (Å²) in [4.78, 5) is 15.5. The lowest BCUT2D eigenvalue weighted by Crippen LogP contribution is -2.21. The first-order valence-electron chi connectivity index (χ1n) is 7.97. The zero-order chi connectivity index (χ0) is 16.7. The van der Waals surface area contributed by atoms with E-state index in [1.54, 1.807) is 11.8 Å². The van der Waals surface area contributed by atoms with Gasteiger partial charge in [0.15, 0.2) is 0 Å². The number of carbonyl (C=O) groups excluding carboxylic acids is 1. The molecule has 0 bridgehead atoms. The van der Waals surface area contributed by atoms with E-state index in [0.717, 1.165) is 23.7 Å². The number of carbonyl (C=O) groups is 1. The molecule has 0 saturated heterocycles. The van der Waals surface area contributed by atoms with E-state index < -0.39 is 0 Å². The average Bonchev–Trinajstić information content (AvgIpc) is 2.57. The normalized spacial score (nSPS) is 10.4. The molecule has 0 unspecified atom stereocenters. The van der Waals surface area contributed by atoms with Crippen molar-refractivity contribution in [1.29, 1.82) is 0 Å². The van der Waals surface area contributed by atoms with Crippen LogP contribution in [-0.2, 0) is 4.79 Å². The molecule has 0 spiro atoms. The van der Waals surface area contributed by atoms with E-state index >= 15 is 0 Å². The minimum Gasteiger partial charge on any atom is -0.372 e. The summed E-state index contributed by atoms with van der Waals surface area (Å²) in [6.45, 7) is 8.31. The first-order chi connectivity index (χ1) is 11.1. The Hall–Kier alpha value is -1.94. The van der Waals surface area contributed by atoms with E-state index in [0.29, 0.717) is 5.75 Å². The topological polar surface area (TPSA) is 32.3 Å². The summed E-state index contributed by atoms with van der Waals surface area (Å²) < 4.78 is 0. The summed E-state index contributed by atoms with van der Waals surface area (Å²) in [6, 6.07) is 16.1. The van der Waals surface area contributed by atoms with E-state index in [-0.39, 0.29) is 5.91 Å². The van der Waals surface area contributed by atoms with E-state index in [1.165, 1.54) is 11.3 Å². The Labute approximate surface area is 143 Å². The zero-order valence-corrected chi connectivity index (χ0v) is 14.8. The van der Waals surface area contributed by atoms with E-state index in [1.807, 2.05) is 30.3 Å². The van der Waals surface area contributed by atoms with Crippen LogP contribution in [0.1, 0.15) is 19.4 Å². The molecular weight excluding hydrogens is 304 g/mol. The molecule has 1 N–H and O–H groups in total. The van der Waals surface area contributed by atoms with Crippen LogP contribution in [-0.4, -0.2) is 24.7 Å². The molecule has 0 radical (unpaired) electrons. The van der Waals surface area contributed by atoms with E-state index in [2.05, 4.69) is 49.2 Å². The van der Waals surface area contributed by atoms with Gasteiger partial charge >= 0.3 is 0 Å². The molecule has 0 aromatic heterocycles. The molecule has 2 aromatic carbocycles. The molecule has 4 heteroatoms. The Morgan fingerprint density at radius 2 is 1.70 bits per heavy atom. The fraction of sp³-hybridized carbons (Fsp3) is 0.316. The van der Waals surface area contributed by atoms with Crippen LogP contribution in [0.2, 0.25) is 0 Å². The summed E-state index contributed by atoms with van der Waals surface area (Å²) in [7, 11) is 0. The number of thioether (sulfide) groups is 1. The summed E-state index contributed by atoms with van der Waals surface area (Å²) >= 11 is 1.57. The minimum atomic E-state index is 0.0221. The Morgan fingerprint density at radius 1 is 1.04 bits per heavy atom. The molecule has 2 aromatic rings. The first-order valence-corrected chi connectivity index (χ1v) is 8.96. The Bertz CT molecular complexity index is 636. The summed E-state index contributed by atoms with van der Waals surface area (Å²) in [6.07, 6.45) is 0. The average molecular weight is 328 g/mol. The van der Waals surface area contributed by atoms with E-state index in [4.69, 9.17) is 0 Å². The monoisotopic (exact) mass is 328 g/mol. The van der Waals surface area contributed by atoms with Gasteiger partial charge < -0.3 is 10.2 Å². The molecule has 23 heavy (non-hydrogen) atoms. The molecule has 0 heterocycles. The highest BCUT2D eigenvalue weighted by Crippen LogP contribution is 2.22. The molecule has 122 valence electrons. The number of amides is 1. The maximum absolute atomic E-state index is 12.1. The molecule has 0 atom stereocenters. The fourth-order valence-corrected chi connectivity index (χ4v) is 3.23. The highest BCUT2D eigenvalue weighted by molar-refractivity contribution is 8.00. The summed E-state index contributed by atoms with van der Waals surface area (Å²) in [5, 5.41) is 2.96. The maximum Gasteiger partial charge on any atom is 0.234 e. The molecule has 0 saturated carbocycles. The third-order valence-corrected chi connectivity index (χ3v) is 4.91. The molecule has 2 rings (SSSR count). The number of nitrogens with zero attached hydrogens (tertiary/aromatic N) is 1. The van der Waals surface area contributed by atoms with Crippen molar-refractivity contribution in [2.75, 3.05) is 29.1 Å². The summed E-state index contributed by atoms with van der Waals surface area (Å²) in [5.41, 5.74) is 3.23. The number of aryl methyl sites for hydroxylation is 1. The number of benzene rings is 2. The third kappa shape index (κ3) is 5.03. The van der Waals surface area contributed by atoms with Crippen molar-refractivity contribution in [3.63, 3.8) is 0 Å². The van der Waals surface area contributed by atoms with Gasteiger partial charge in [0.25, 0.3) is 0 Å². The lowest BCUT2D eigenvalue weighted by molar-refractivity contribution is -0.113. The predicted octanol–water partition coefficient (Wildman–Crippen LogP) is 4.57. The van der Waals surface area contributed by atoms with Crippen LogP contribution in [0.4, 0.5) is 11.4 Å². The number of anilines is 2. The Kier molecular flexibility index (Phi) is 6.53.